The maximum atomic E-state index is 13.7. The van der Waals surface area contributed by atoms with Crippen molar-refractivity contribution >= 4 is 50.7 Å². The molecule has 0 saturated carbocycles. The van der Waals surface area contributed by atoms with Gasteiger partial charge in [-0.05, 0) is 50.1 Å². The van der Waals surface area contributed by atoms with E-state index >= 15 is 0 Å². The zero-order valence-corrected chi connectivity index (χ0v) is 21.9. The van der Waals surface area contributed by atoms with Gasteiger partial charge in [0, 0.05) is 32.1 Å². The summed E-state index contributed by atoms with van der Waals surface area (Å²) in [6.07, 6.45) is 0.912. The Morgan fingerprint density at radius 2 is 1.74 bits per heavy atom. The predicted octanol–water partition coefficient (Wildman–Crippen LogP) is 4.37. The first kappa shape index (κ1) is 28.8. The molecule has 0 spiro atoms. The van der Waals surface area contributed by atoms with Crippen molar-refractivity contribution in [3.05, 3.63) is 63.6 Å². The van der Waals surface area contributed by atoms with Crippen molar-refractivity contribution in [1.82, 2.24) is 10.2 Å². The monoisotopic (exact) mass is 549 g/mol. The summed E-state index contributed by atoms with van der Waals surface area (Å²) in [7, 11) is -3.83. The number of amides is 2. The maximum Gasteiger partial charge on any atom is 0.242 e. The minimum absolute atomic E-state index is 0.0535. The van der Waals surface area contributed by atoms with Crippen molar-refractivity contribution in [1.29, 1.82) is 0 Å². The van der Waals surface area contributed by atoms with Crippen molar-refractivity contribution in [3.63, 3.8) is 0 Å². The molecule has 1 N–H and O–H groups in total. The molecule has 0 aliphatic carbocycles. The van der Waals surface area contributed by atoms with Crippen molar-refractivity contribution in [2.45, 2.75) is 39.3 Å². The summed E-state index contributed by atoms with van der Waals surface area (Å²) in [6, 6.07) is 6.83. The third-order valence-corrected chi connectivity index (χ3v) is 7.13. The van der Waals surface area contributed by atoms with Crippen LogP contribution in [0.15, 0.2) is 36.4 Å². The Kier molecular flexibility index (Phi) is 10.3. The van der Waals surface area contributed by atoms with Crippen LogP contribution in [0.5, 0.6) is 0 Å². The van der Waals surface area contributed by atoms with Gasteiger partial charge in [-0.1, -0.05) is 29.3 Å². The fourth-order valence-electron chi connectivity index (χ4n) is 3.38. The van der Waals surface area contributed by atoms with Gasteiger partial charge in [0.2, 0.25) is 21.8 Å². The molecule has 0 unspecified atom stereocenters. The Bertz CT molecular complexity index is 1180. The van der Waals surface area contributed by atoms with E-state index in [4.69, 9.17) is 23.2 Å². The Morgan fingerprint density at radius 3 is 2.31 bits per heavy atom. The van der Waals surface area contributed by atoms with Crippen LogP contribution >= 0.6 is 23.2 Å². The molecule has 192 valence electrons. The van der Waals surface area contributed by atoms with E-state index in [1.165, 1.54) is 4.90 Å². The van der Waals surface area contributed by atoms with Crippen molar-refractivity contribution in [2.75, 3.05) is 23.7 Å². The Balaban J connectivity index is 2.19. The predicted molar refractivity (Wildman–Crippen MR) is 133 cm³/mol. The number of rotatable bonds is 11. The maximum absolute atomic E-state index is 13.7. The molecule has 0 saturated heterocycles. The van der Waals surface area contributed by atoms with Crippen molar-refractivity contribution in [3.8, 4) is 0 Å². The molecule has 0 aromatic heterocycles. The van der Waals surface area contributed by atoms with Gasteiger partial charge in [-0.15, -0.1) is 0 Å². The number of hydrogen-bond acceptors (Lipinski definition) is 4. The highest BCUT2D eigenvalue weighted by molar-refractivity contribution is 7.92. The van der Waals surface area contributed by atoms with Crippen LogP contribution in [0.4, 0.5) is 14.5 Å². The van der Waals surface area contributed by atoms with Crippen LogP contribution in [0.1, 0.15) is 32.3 Å². The molecule has 0 heterocycles. The van der Waals surface area contributed by atoms with E-state index in [0.29, 0.717) is 22.2 Å². The van der Waals surface area contributed by atoms with Gasteiger partial charge in [0.25, 0.3) is 0 Å². The first-order valence-corrected chi connectivity index (χ1v) is 13.4. The first-order chi connectivity index (χ1) is 16.3. The van der Waals surface area contributed by atoms with Gasteiger partial charge in [-0.2, -0.15) is 0 Å². The molecule has 35 heavy (non-hydrogen) atoms. The summed E-state index contributed by atoms with van der Waals surface area (Å²) in [5.74, 6) is -3.03. The topological polar surface area (TPSA) is 86.8 Å². The number of halogens is 4. The third-order valence-electron chi connectivity index (χ3n) is 5.20. The molecule has 2 aromatic carbocycles. The van der Waals surface area contributed by atoms with Crippen LogP contribution < -0.4 is 9.62 Å². The summed E-state index contributed by atoms with van der Waals surface area (Å²) in [4.78, 5) is 26.9. The van der Waals surface area contributed by atoms with E-state index in [1.807, 2.05) is 0 Å². The number of carbonyl (C=O) groups is 2. The van der Waals surface area contributed by atoms with Crippen LogP contribution in [-0.2, 0) is 26.2 Å². The van der Waals surface area contributed by atoms with Crippen LogP contribution in [0.25, 0.3) is 0 Å². The first-order valence-electron chi connectivity index (χ1n) is 10.8. The standard InChI is InChI=1S/C23H27Cl2F2N3O4S/c1-4-28-23(32)15(2)29(14-16-7-9-18(24)19(25)12-16)22(31)6-5-11-30(35(3,33)34)17-8-10-20(26)21(27)13-17/h7-10,12-13,15H,4-6,11,14H2,1-3H3,(H,28,32)/t15-/m1/s1. The number of sulfonamides is 1. The highest BCUT2D eigenvalue weighted by Crippen LogP contribution is 2.25. The lowest BCUT2D eigenvalue weighted by molar-refractivity contribution is -0.140. The second-order valence-electron chi connectivity index (χ2n) is 7.88. The van der Waals surface area contributed by atoms with Crippen LogP contribution in [-0.4, -0.2) is 50.5 Å². The number of benzene rings is 2. The average Bonchev–Trinajstić information content (AvgIpc) is 2.78. The number of nitrogens with zero attached hydrogens (tertiary/aromatic N) is 2. The third kappa shape index (κ3) is 8.05. The number of anilines is 1. The minimum Gasteiger partial charge on any atom is -0.355 e. The lowest BCUT2D eigenvalue weighted by Crippen LogP contribution is -2.47. The normalized spacial score (nSPS) is 12.2. The van der Waals surface area contributed by atoms with Crippen LogP contribution in [0.3, 0.4) is 0 Å². The molecule has 7 nitrogen and oxygen atoms in total. The summed E-state index contributed by atoms with van der Waals surface area (Å²) in [5.41, 5.74) is 0.602. The fraction of sp³-hybridized carbons (Fsp3) is 0.391. The molecule has 2 rings (SSSR count). The second-order valence-corrected chi connectivity index (χ2v) is 10.6. The smallest absolute Gasteiger partial charge is 0.242 e. The molecule has 2 aromatic rings. The average molecular weight is 550 g/mol. The number of hydrogen-bond donors (Lipinski definition) is 1. The van der Waals surface area contributed by atoms with E-state index in [9.17, 15) is 26.8 Å². The summed E-state index contributed by atoms with van der Waals surface area (Å²) in [5, 5.41) is 3.33. The minimum atomic E-state index is -3.83. The Labute approximate surface area is 214 Å². The number of likely N-dealkylation sites (N-methyl/N-ethyl adjacent to an activating group) is 1. The highest BCUT2D eigenvalue weighted by atomic mass is 35.5. The molecular formula is C23H27Cl2F2N3O4S. The Morgan fingerprint density at radius 1 is 1.06 bits per heavy atom. The van der Waals surface area contributed by atoms with Crippen LogP contribution in [0.2, 0.25) is 10.0 Å². The van der Waals surface area contributed by atoms with E-state index < -0.39 is 33.6 Å². The van der Waals surface area contributed by atoms with Gasteiger partial charge >= 0.3 is 0 Å². The lowest BCUT2D eigenvalue weighted by Gasteiger charge is -2.29. The molecule has 0 radical (unpaired) electrons. The molecule has 0 aliphatic heterocycles. The molecule has 0 fully saturated rings. The summed E-state index contributed by atoms with van der Waals surface area (Å²) in [6.45, 7) is 3.66. The SMILES string of the molecule is CCNC(=O)[C@@H](C)N(Cc1ccc(Cl)c(Cl)c1)C(=O)CCCN(c1ccc(F)c(F)c1)S(C)(=O)=O. The summed E-state index contributed by atoms with van der Waals surface area (Å²) < 4.78 is 52.3. The van der Waals surface area contributed by atoms with Gasteiger partial charge in [-0.3, -0.25) is 13.9 Å². The van der Waals surface area contributed by atoms with E-state index in [2.05, 4.69) is 5.32 Å². The number of carbonyl (C=O) groups excluding carboxylic acids is 2. The van der Waals surface area contributed by atoms with Gasteiger partial charge < -0.3 is 10.2 Å². The molecular weight excluding hydrogens is 523 g/mol. The molecule has 12 heteroatoms. The van der Waals surface area contributed by atoms with Gasteiger partial charge in [0.05, 0.1) is 22.0 Å². The van der Waals surface area contributed by atoms with Gasteiger partial charge in [-0.25, -0.2) is 17.2 Å². The lowest BCUT2D eigenvalue weighted by atomic mass is 10.1. The summed E-state index contributed by atoms with van der Waals surface area (Å²) >= 11 is 12.0. The van der Waals surface area contributed by atoms with Crippen molar-refractivity contribution in [2.24, 2.45) is 0 Å². The second kappa shape index (κ2) is 12.5. The molecule has 1 atom stereocenters. The van der Waals surface area contributed by atoms with E-state index in [-0.39, 0.29) is 37.5 Å². The van der Waals surface area contributed by atoms with Gasteiger partial charge in [0.1, 0.15) is 6.04 Å². The number of nitrogens with one attached hydrogen (secondary N) is 1. The highest BCUT2D eigenvalue weighted by Gasteiger charge is 2.26. The quantitative estimate of drug-likeness (QED) is 0.450. The molecule has 0 aliphatic rings. The Hall–Kier alpha value is -2.43. The molecule has 2 amide bonds. The van der Waals surface area contributed by atoms with Crippen molar-refractivity contribution < 1.29 is 26.8 Å². The fourth-order valence-corrected chi connectivity index (χ4v) is 4.66. The zero-order valence-electron chi connectivity index (χ0n) is 19.5. The molecule has 0 bridgehead atoms. The van der Waals surface area contributed by atoms with E-state index in [0.717, 1.165) is 28.8 Å². The van der Waals surface area contributed by atoms with Gasteiger partial charge in [0.15, 0.2) is 11.6 Å². The largest absolute Gasteiger partial charge is 0.355 e. The zero-order chi connectivity index (χ0) is 26.3. The van der Waals surface area contributed by atoms with Crippen LogP contribution in [0, 0.1) is 11.6 Å². The van der Waals surface area contributed by atoms with E-state index in [1.54, 1.807) is 32.0 Å².